The third-order valence-corrected chi connectivity index (χ3v) is 2.90. The van der Waals surface area contributed by atoms with E-state index in [2.05, 4.69) is 0 Å². The molecule has 110 valence electrons. The molecule has 0 amide bonds. The van der Waals surface area contributed by atoms with E-state index in [1.165, 1.54) is 6.92 Å². The molecule has 0 aromatic heterocycles. The van der Waals surface area contributed by atoms with Gasteiger partial charge < -0.3 is 23.7 Å². The van der Waals surface area contributed by atoms with Gasteiger partial charge in [0.15, 0.2) is 17.8 Å². The minimum absolute atomic E-state index is 0.194. The average molecular weight is 282 g/mol. The molecule has 1 aliphatic heterocycles. The number of carbonyl (C=O) groups excluding carboxylic acids is 1. The van der Waals surface area contributed by atoms with E-state index < -0.39 is 6.29 Å². The van der Waals surface area contributed by atoms with Crippen LogP contribution in [0.15, 0.2) is 18.2 Å². The maximum Gasteiger partial charge on any atom is 0.302 e. The minimum atomic E-state index is -0.490. The highest BCUT2D eigenvalue weighted by Gasteiger charge is 2.28. The van der Waals surface area contributed by atoms with Gasteiger partial charge in [0.05, 0.1) is 20.8 Å². The van der Waals surface area contributed by atoms with Crippen LogP contribution in [0, 0.1) is 0 Å². The lowest BCUT2D eigenvalue weighted by atomic mass is 10.2. The standard InChI is InChI=1S/C14H18O6/c1-9(15)18-7-11-8-19-14(20-11)10-4-5-12(16-2)13(6-10)17-3/h4-6,11,14H,7-8H2,1-3H3/t11-,14+/m1/s1. The first-order chi connectivity index (χ1) is 9.63. The van der Waals surface area contributed by atoms with Crippen molar-refractivity contribution in [3.05, 3.63) is 23.8 Å². The van der Waals surface area contributed by atoms with Crippen LogP contribution in [0.25, 0.3) is 0 Å². The van der Waals surface area contributed by atoms with Gasteiger partial charge in [-0.2, -0.15) is 0 Å². The van der Waals surface area contributed by atoms with E-state index in [-0.39, 0.29) is 18.7 Å². The lowest BCUT2D eigenvalue weighted by Gasteiger charge is -2.14. The first-order valence-corrected chi connectivity index (χ1v) is 6.26. The molecule has 0 N–H and O–H groups in total. The molecule has 0 bridgehead atoms. The maximum atomic E-state index is 10.8. The predicted molar refractivity (Wildman–Crippen MR) is 69.7 cm³/mol. The van der Waals surface area contributed by atoms with Gasteiger partial charge in [-0.05, 0) is 12.1 Å². The number of benzene rings is 1. The molecule has 0 unspecified atom stereocenters. The normalized spacial score (nSPS) is 21.6. The van der Waals surface area contributed by atoms with Crippen molar-refractivity contribution in [1.29, 1.82) is 0 Å². The minimum Gasteiger partial charge on any atom is -0.493 e. The lowest BCUT2D eigenvalue weighted by Crippen LogP contribution is -2.19. The number of hydrogen-bond acceptors (Lipinski definition) is 6. The number of ether oxygens (including phenoxy) is 5. The molecular formula is C14H18O6. The van der Waals surface area contributed by atoms with E-state index in [9.17, 15) is 4.79 Å². The SMILES string of the molecule is COc1ccc([C@H]2OC[C@@H](COC(C)=O)O2)cc1OC. The van der Waals surface area contributed by atoms with Crippen molar-refractivity contribution in [3.63, 3.8) is 0 Å². The fourth-order valence-electron chi connectivity index (χ4n) is 1.92. The molecule has 1 fully saturated rings. The Balaban J connectivity index is 2.00. The van der Waals surface area contributed by atoms with Crippen LogP contribution in [-0.4, -0.2) is 39.5 Å². The fraction of sp³-hybridized carbons (Fsp3) is 0.500. The summed E-state index contributed by atoms with van der Waals surface area (Å²) in [6, 6.07) is 5.44. The van der Waals surface area contributed by atoms with Crippen LogP contribution in [0.5, 0.6) is 11.5 Å². The van der Waals surface area contributed by atoms with Crippen LogP contribution < -0.4 is 9.47 Å². The molecule has 1 saturated heterocycles. The van der Waals surface area contributed by atoms with Gasteiger partial charge in [0.1, 0.15) is 12.7 Å². The van der Waals surface area contributed by atoms with Crippen LogP contribution >= 0.6 is 0 Å². The zero-order chi connectivity index (χ0) is 14.5. The predicted octanol–water partition coefficient (Wildman–Crippen LogP) is 1.68. The van der Waals surface area contributed by atoms with Crippen LogP contribution in [-0.2, 0) is 19.0 Å². The molecule has 1 aromatic carbocycles. The van der Waals surface area contributed by atoms with Crippen molar-refractivity contribution < 1.29 is 28.5 Å². The average Bonchev–Trinajstić information content (AvgIpc) is 2.93. The molecule has 0 aliphatic carbocycles. The quantitative estimate of drug-likeness (QED) is 0.766. The Morgan fingerprint density at radius 2 is 2.05 bits per heavy atom. The summed E-state index contributed by atoms with van der Waals surface area (Å²) in [5.74, 6) is 0.925. The van der Waals surface area contributed by atoms with E-state index in [1.807, 2.05) is 6.07 Å². The van der Waals surface area contributed by atoms with E-state index in [1.54, 1.807) is 26.4 Å². The Labute approximate surface area is 117 Å². The second kappa shape index (κ2) is 6.58. The number of rotatable bonds is 5. The van der Waals surface area contributed by atoms with Crippen molar-refractivity contribution in [1.82, 2.24) is 0 Å². The van der Waals surface area contributed by atoms with Crippen molar-refractivity contribution in [2.45, 2.75) is 19.3 Å². The third-order valence-electron chi connectivity index (χ3n) is 2.90. The zero-order valence-electron chi connectivity index (χ0n) is 11.8. The summed E-state index contributed by atoms with van der Waals surface area (Å²) in [5.41, 5.74) is 0.827. The second-order valence-electron chi connectivity index (χ2n) is 4.34. The molecular weight excluding hydrogens is 264 g/mol. The van der Waals surface area contributed by atoms with Crippen molar-refractivity contribution in [3.8, 4) is 11.5 Å². The Morgan fingerprint density at radius 1 is 1.30 bits per heavy atom. The lowest BCUT2D eigenvalue weighted by molar-refractivity contribution is -0.145. The highest BCUT2D eigenvalue weighted by atomic mass is 16.7. The molecule has 0 spiro atoms. The molecule has 20 heavy (non-hydrogen) atoms. The highest BCUT2D eigenvalue weighted by Crippen LogP contribution is 2.34. The van der Waals surface area contributed by atoms with E-state index in [4.69, 9.17) is 23.7 Å². The van der Waals surface area contributed by atoms with Gasteiger partial charge in [-0.15, -0.1) is 0 Å². The Kier molecular flexibility index (Phi) is 4.81. The van der Waals surface area contributed by atoms with Crippen LogP contribution in [0.2, 0.25) is 0 Å². The van der Waals surface area contributed by atoms with Crippen molar-refractivity contribution >= 4 is 5.97 Å². The molecule has 2 atom stereocenters. The van der Waals surface area contributed by atoms with Gasteiger partial charge in [-0.3, -0.25) is 4.79 Å². The smallest absolute Gasteiger partial charge is 0.302 e. The molecule has 1 aromatic rings. The fourth-order valence-corrected chi connectivity index (χ4v) is 1.92. The Morgan fingerprint density at radius 3 is 2.70 bits per heavy atom. The van der Waals surface area contributed by atoms with Crippen LogP contribution in [0.1, 0.15) is 18.8 Å². The summed E-state index contributed by atoms with van der Waals surface area (Å²) < 4.78 is 26.5. The molecule has 1 aliphatic rings. The van der Waals surface area contributed by atoms with Gasteiger partial charge in [-0.25, -0.2) is 0 Å². The Hall–Kier alpha value is -1.79. The molecule has 0 radical (unpaired) electrons. The van der Waals surface area contributed by atoms with Gasteiger partial charge in [0, 0.05) is 12.5 Å². The molecule has 1 heterocycles. The highest BCUT2D eigenvalue weighted by molar-refractivity contribution is 5.65. The number of hydrogen-bond donors (Lipinski definition) is 0. The van der Waals surface area contributed by atoms with Gasteiger partial charge in [0.25, 0.3) is 0 Å². The van der Waals surface area contributed by atoms with E-state index >= 15 is 0 Å². The Bertz CT molecular complexity index is 473. The first-order valence-electron chi connectivity index (χ1n) is 6.26. The topological polar surface area (TPSA) is 63.2 Å². The van der Waals surface area contributed by atoms with Crippen molar-refractivity contribution in [2.24, 2.45) is 0 Å². The summed E-state index contributed by atoms with van der Waals surface area (Å²) in [6.07, 6.45) is -0.743. The third kappa shape index (κ3) is 3.40. The molecule has 6 heteroatoms. The van der Waals surface area contributed by atoms with Crippen molar-refractivity contribution in [2.75, 3.05) is 27.4 Å². The number of esters is 1. The zero-order valence-corrected chi connectivity index (χ0v) is 11.8. The molecule has 6 nitrogen and oxygen atoms in total. The summed E-state index contributed by atoms with van der Waals surface area (Å²) >= 11 is 0. The van der Waals surface area contributed by atoms with E-state index in [0.29, 0.717) is 18.1 Å². The van der Waals surface area contributed by atoms with Gasteiger partial charge >= 0.3 is 5.97 Å². The number of carbonyl (C=O) groups is 1. The van der Waals surface area contributed by atoms with Gasteiger partial charge in [0.2, 0.25) is 0 Å². The summed E-state index contributed by atoms with van der Waals surface area (Å²) in [4.78, 5) is 10.8. The summed E-state index contributed by atoms with van der Waals surface area (Å²) in [6.45, 7) is 1.94. The molecule has 0 saturated carbocycles. The monoisotopic (exact) mass is 282 g/mol. The largest absolute Gasteiger partial charge is 0.493 e. The van der Waals surface area contributed by atoms with Gasteiger partial charge in [-0.1, -0.05) is 6.07 Å². The maximum absolute atomic E-state index is 10.8. The summed E-state index contributed by atoms with van der Waals surface area (Å²) in [7, 11) is 3.15. The summed E-state index contributed by atoms with van der Waals surface area (Å²) in [5, 5.41) is 0. The van der Waals surface area contributed by atoms with E-state index in [0.717, 1.165) is 5.56 Å². The second-order valence-corrected chi connectivity index (χ2v) is 4.34. The first kappa shape index (κ1) is 14.6. The molecule has 2 rings (SSSR count). The van der Waals surface area contributed by atoms with Crippen LogP contribution in [0.4, 0.5) is 0 Å². The van der Waals surface area contributed by atoms with Crippen LogP contribution in [0.3, 0.4) is 0 Å². The number of methoxy groups -OCH3 is 2.